The molecule has 1 aromatic heterocycles. The molecule has 0 aromatic carbocycles. The van der Waals surface area contributed by atoms with Gasteiger partial charge < -0.3 is 10.8 Å². The Morgan fingerprint density at radius 2 is 2.28 bits per heavy atom. The molecule has 0 fully saturated rings. The van der Waals surface area contributed by atoms with E-state index < -0.39 is 16.1 Å². The molecule has 0 aliphatic rings. The van der Waals surface area contributed by atoms with Crippen molar-refractivity contribution >= 4 is 27.2 Å². The fraction of sp³-hybridized carbons (Fsp3) is 0.400. The Bertz CT molecular complexity index is 545. The molecule has 0 aliphatic heterocycles. The molecule has 0 amide bonds. The molecule has 0 saturated heterocycles. The number of hydrogen-bond donors (Lipinski definition) is 2. The highest BCUT2D eigenvalue weighted by atomic mass is 32.2. The third-order valence-corrected chi connectivity index (χ3v) is 4.74. The van der Waals surface area contributed by atoms with Gasteiger partial charge in [0.1, 0.15) is 15.6 Å². The van der Waals surface area contributed by atoms with Gasteiger partial charge in [-0.25, -0.2) is 8.42 Å². The number of thiocarbonyl (C=S) groups is 1. The number of likely N-dealkylation sites (N-methyl/N-ethyl adjacent to an activating group) is 1. The number of sulfonamides is 1. The van der Waals surface area contributed by atoms with E-state index in [0.29, 0.717) is 0 Å². The Morgan fingerprint density at radius 1 is 1.67 bits per heavy atom. The van der Waals surface area contributed by atoms with Crippen LogP contribution in [-0.4, -0.2) is 47.5 Å². The van der Waals surface area contributed by atoms with E-state index in [0.717, 1.165) is 4.31 Å². The summed E-state index contributed by atoms with van der Waals surface area (Å²) in [5, 5.41) is 9.02. The molecule has 0 radical (unpaired) electrons. The van der Waals surface area contributed by atoms with Gasteiger partial charge in [-0.05, 0) is 19.1 Å². The van der Waals surface area contributed by atoms with E-state index in [-0.39, 0.29) is 22.2 Å². The fourth-order valence-corrected chi connectivity index (χ4v) is 3.03. The van der Waals surface area contributed by atoms with Crippen molar-refractivity contribution in [2.75, 3.05) is 13.7 Å². The summed E-state index contributed by atoms with van der Waals surface area (Å²) in [7, 11) is -2.40. The molecule has 1 aromatic rings. The summed E-state index contributed by atoms with van der Waals surface area (Å²) in [6.07, 6.45) is 1.42. The van der Waals surface area contributed by atoms with Crippen LogP contribution in [0.4, 0.5) is 0 Å². The molecule has 1 atom stereocenters. The van der Waals surface area contributed by atoms with Gasteiger partial charge >= 0.3 is 0 Å². The molecular formula is C10H15N3O3S2. The van der Waals surface area contributed by atoms with E-state index >= 15 is 0 Å². The van der Waals surface area contributed by atoms with Crippen LogP contribution in [0, 0.1) is 0 Å². The van der Waals surface area contributed by atoms with E-state index in [1.165, 1.54) is 25.4 Å². The van der Waals surface area contributed by atoms with E-state index in [9.17, 15) is 8.42 Å². The third kappa shape index (κ3) is 2.83. The highest BCUT2D eigenvalue weighted by Crippen LogP contribution is 2.19. The van der Waals surface area contributed by atoms with Crippen molar-refractivity contribution in [3.8, 4) is 0 Å². The second-order valence-corrected chi connectivity index (χ2v) is 6.17. The molecule has 0 saturated carbocycles. The molecule has 3 N–H and O–H groups in total. The molecule has 0 bridgehead atoms. The minimum absolute atomic E-state index is 0.0553. The summed E-state index contributed by atoms with van der Waals surface area (Å²) in [6.45, 7) is 1.31. The van der Waals surface area contributed by atoms with Crippen LogP contribution >= 0.6 is 12.2 Å². The van der Waals surface area contributed by atoms with Crippen LogP contribution in [0.5, 0.6) is 0 Å². The maximum atomic E-state index is 12.3. The molecule has 1 unspecified atom stereocenters. The van der Waals surface area contributed by atoms with Gasteiger partial charge in [-0.2, -0.15) is 4.31 Å². The van der Waals surface area contributed by atoms with Gasteiger partial charge in [-0.1, -0.05) is 12.2 Å². The fourth-order valence-electron chi connectivity index (χ4n) is 1.29. The molecule has 0 aliphatic carbocycles. The van der Waals surface area contributed by atoms with Gasteiger partial charge in [-0.3, -0.25) is 4.98 Å². The average molecular weight is 289 g/mol. The van der Waals surface area contributed by atoms with Crippen LogP contribution in [-0.2, 0) is 10.0 Å². The van der Waals surface area contributed by atoms with Crippen molar-refractivity contribution in [3.63, 3.8) is 0 Å². The van der Waals surface area contributed by atoms with Crippen molar-refractivity contribution < 1.29 is 13.5 Å². The number of rotatable bonds is 5. The van der Waals surface area contributed by atoms with E-state index in [1.807, 2.05) is 0 Å². The van der Waals surface area contributed by atoms with Crippen LogP contribution in [0.15, 0.2) is 23.2 Å². The monoisotopic (exact) mass is 289 g/mol. The van der Waals surface area contributed by atoms with Crippen molar-refractivity contribution in [2.24, 2.45) is 5.73 Å². The highest BCUT2D eigenvalue weighted by Gasteiger charge is 2.28. The molecule has 8 heteroatoms. The van der Waals surface area contributed by atoms with E-state index in [2.05, 4.69) is 4.98 Å². The Kier molecular flexibility index (Phi) is 4.74. The van der Waals surface area contributed by atoms with E-state index in [1.54, 1.807) is 6.92 Å². The number of nitrogens with two attached hydrogens (primary N) is 1. The Labute approximate surface area is 111 Å². The standard InChI is InChI=1S/C10H15N3O3S2/c1-7(6-14)13(2)18(15,16)8-4-3-5-12-9(8)10(11)17/h3-5,7,14H,6H2,1-2H3,(H2,11,17). The lowest BCUT2D eigenvalue weighted by Gasteiger charge is -2.23. The van der Waals surface area contributed by atoms with Gasteiger partial charge in [-0.15, -0.1) is 0 Å². The zero-order valence-corrected chi connectivity index (χ0v) is 11.7. The smallest absolute Gasteiger partial charge is 0.245 e. The lowest BCUT2D eigenvalue weighted by atomic mass is 10.3. The van der Waals surface area contributed by atoms with Gasteiger partial charge in [0.05, 0.1) is 6.61 Å². The Hall–Kier alpha value is -1.09. The lowest BCUT2D eigenvalue weighted by Crippen LogP contribution is -2.38. The van der Waals surface area contributed by atoms with Crippen molar-refractivity contribution in [1.29, 1.82) is 0 Å². The van der Waals surface area contributed by atoms with Gasteiger partial charge in [0, 0.05) is 19.3 Å². The minimum Gasteiger partial charge on any atom is -0.395 e. The number of aromatic nitrogens is 1. The van der Waals surface area contributed by atoms with Crippen LogP contribution < -0.4 is 5.73 Å². The first kappa shape index (κ1) is 15.0. The molecule has 0 spiro atoms. The Balaban J connectivity index is 3.33. The van der Waals surface area contributed by atoms with Crippen molar-refractivity contribution in [1.82, 2.24) is 9.29 Å². The molecule has 1 rings (SSSR count). The van der Waals surface area contributed by atoms with Crippen molar-refractivity contribution in [3.05, 3.63) is 24.0 Å². The topological polar surface area (TPSA) is 96.5 Å². The predicted molar refractivity (Wildman–Crippen MR) is 71.6 cm³/mol. The summed E-state index contributed by atoms with van der Waals surface area (Å²) in [4.78, 5) is 3.74. The molecular weight excluding hydrogens is 274 g/mol. The number of hydrogen-bond acceptors (Lipinski definition) is 5. The first-order valence-corrected chi connectivity index (χ1v) is 7.01. The van der Waals surface area contributed by atoms with Crippen LogP contribution in [0.2, 0.25) is 0 Å². The largest absolute Gasteiger partial charge is 0.395 e. The van der Waals surface area contributed by atoms with Crippen LogP contribution in [0.1, 0.15) is 12.6 Å². The van der Waals surface area contributed by atoms with Gasteiger partial charge in [0.2, 0.25) is 10.0 Å². The Morgan fingerprint density at radius 3 is 2.78 bits per heavy atom. The second-order valence-electron chi connectivity index (χ2n) is 3.77. The predicted octanol–water partition coefficient (Wildman–Crippen LogP) is -0.283. The maximum absolute atomic E-state index is 12.3. The average Bonchev–Trinajstić information content (AvgIpc) is 2.36. The van der Waals surface area contributed by atoms with Gasteiger partial charge in [0.25, 0.3) is 0 Å². The zero-order chi connectivity index (χ0) is 13.9. The lowest BCUT2D eigenvalue weighted by molar-refractivity contribution is 0.214. The number of pyridine rings is 1. The minimum atomic E-state index is -3.78. The first-order chi connectivity index (χ1) is 8.32. The number of aliphatic hydroxyl groups excluding tert-OH is 1. The second kappa shape index (κ2) is 5.70. The summed E-state index contributed by atoms with van der Waals surface area (Å²) in [5.74, 6) is 0. The summed E-state index contributed by atoms with van der Waals surface area (Å²) < 4.78 is 25.7. The molecule has 18 heavy (non-hydrogen) atoms. The first-order valence-electron chi connectivity index (χ1n) is 5.16. The van der Waals surface area contributed by atoms with Crippen LogP contribution in [0.3, 0.4) is 0 Å². The molecule has 1 heterocycles. The normalized spacial score (nSPS) is 13.6. The zero-order valence-electron chi connectivity index (χ0n) is 10.1. The molecule has 100 valence electrons. The highest BCUT2D eigenvalue weighted by molar-refractivity contribution is 7.89. The number of aliphatic hydroxyl groups is 1. The number of nitrogens with zero attached hydrogens (tertiary/aromatic N) is 2. The summed E-state index contributed by atoms with van der Waals surface area (Å²) >= 11 is 4.78. The third-order valence-electron chi connectivity index (χ3n) is 2.55. The molecule has 6 nitrogen and oxygen atoms in total. The van der Waals surface area contributed by atoms with E-state index in [4.69, 9.17) is 23.1 Å². The SMILES string of the molecule is CC(CO)N(C)S(=O)(=O)c1cccnc1C(N)=S. The van der Waals surface area contributed by atoms with Gasteiger partial charge in [0.15, 0.2) is 0 Å². The summed E-state index contributed by atoms with van der Waals surface area (Å²) in [6, 6.07) is 2.33. The van der Waals surface area contributed by atoms with Crippen LogP contribution in [0.25, 0.3) is 0 Å². The maximum Gasteiger partial charge on any atom is 0.245 e. The quantitative estimate of drug-likeness (QED) is 0.724. The summed E-state index contributed by atoms with van der Waals surface area (Å²) in [5.41, 5.74) is 5.52. The van der Waals surface area contributed by atoms with Crippen molar-refractivity contribution in [2.45, 2.75) is 17.9 Å².